The van der Waals surface area contributed by atoms with Crippen LogP contribution in [0.2, 0.25) is 0 Å². The molecule has 4 unspecified atom stereocenters. The predicted molar refractivity (Wildman–Crippen MR) is 200 cm³/mol. The number of rotatable bonds is 14. The number of hydrogen-bond donors (Lipinski definition) is 5. The van der Waals surface area contributed by atoms with Crippen molar-refractivity contribution in [3.8, 4) is 5.75 Å². The molecule has 5 amide bonds. The monoisotopic (exact) mass is 747 g/mol. The van der Waals surface area contributed by atoms with Crippen molar-refractivity contribution in [2.75, 3.05) is 0 Å². The molecule has 1 aliphatic heterocycles. The van der Waals surface area contributed by atoms with Crippen LogP contribution in [-0.2, 0) is 19.2 Å². The Morgan fingerprint density at radius 2 is 1.61 bits per heavy atom. The molecule has 294 valence electrons. The van der Waals surface area contributed by atoms with Gasteiger partial charge in [-0.1, -0.05) is 84.4 Å². The fourth-order valence-electron chi connectivity index (χ4n) is 8.28. The third-order valence-corrected chi connectivity index (χ3v) is 11.1. The van der Waals surface area contributed by atoms with Gasteiger partial charge >= 0.3 is 0 Å². The maximum absolute atomic E-state index is 14.9. The van der Waals surface area contributed by atoms with E-state index >= 15 is 0 Å². The van der Waals surface area contributed by atoms with Crippen LogP contribution in [0.5, 0.6) is 5.75 Å². The Labute approximate surface area is 317 Å². The molecule has 2 saturated carbocycles. The van der Waals surface area contributed by atoms with E-state index in [0.717, 1.165) is 57.8 Å². The van der Waals surface area contributed by atoms with E-state index in [2.05, 4.69) is 31.4 Å². The van der Waals surface area contributed by atoms with Crippen molar-refractivity contribution >= 4 is 29.5 Å². The van der Waals surface area contributed by atoms with E-state index in [1.54, 1.807) is 35.2 Å². The van der Waals surface area contributed by atoms with Crippen molar-refractivity contribution in [3.05, 3.63) is 54.6 Å². The molecule has 1 saturated heterocycles. The van der Waals surface area contributed by atoms with Crippen molar-refractivity contribution in [1.29, 1.82) is 0 Å². The average molecular weight is 748 g/mol. The number of hydroxylamine groups is 1. The molecule has 3 aliphatic rings. The van der Waals surface area contributed by atoms with Gasteiger partial charge < -0.3 is 30.8 Å². The molecule has 54 heavy (non-hydrogen) atoms. The number of carbonyl (C=O) groups is 5. The highest BCUT2D eigenvalue weighted by Crippen LogP contribution is 2.41. The summed E-state index contributed by atoms with van der Waals surface area (Å²) in [6.45, 7) is 7.50. The highest BCUT2D eigenvalue weighted by Gasteiger charge is 2.51. The Morgan fingerprint density at radius 3 is 2.28 bits per heavy atom. The van der Waals surface area contributed by atoms with Crippen LogP contribution in [0, 0.1) is 17.3 Å². The summed E-state index contributed by atoms with van der Waals surface area (Å²) in [5, 5.41) is 19.9. The van der Waals surface area contributed by atoms with Gasteiger partial charge in [0.25, 0.3) is 11.8 Å². The van der Waals surface area contributed by atoms with Gasteiger partial charge in [0.1, 0.15) is 23.8 Å². The summed E-state index contributed by atoms with van der Waals surface area (Å²) in [7, 11) is 0. The van der Waals surface area contributed by atoms with E-state index in [4.69, 9.17) is 4.84 Å². The molecule has 5 N–H and O–H groups in total. The molecule has 7 atom stereocenters. The third-order valence-electron chi connectivity index (χ3n) is 11.1. The first-order valence-corrected chi connectivity index (χ1v) is 19.6. The lowest BCUT2D eigenvalue weighted by atomic mass is 9.81. The second-order valence-electron chi connectivity index (χ2n) is 16.1. The Morgan fingerprint density at radius 1 is 0.907 bits per heavy atom. The van der Waals surface area contributed by atoms with Gasteiger partial charge in [-0.05, 0) is 67.9 Å². The number of amides is 5. The molecule has 2 aromatic rings. The lowest BCUT2D eigenvalue weighted by molar-refractivity contribution is -0.147. The molecule has 1 aromatic carbocycles. The van der Waals surface area contributed by atoms with Gasteiger partial charge in [0, 0.05) is 18.4 Å². The van der Waals surface area contributed by atoms with Gasteiger partial charge in [-0.3, -0.25) is 29.0 Å². The second kappa shape index (κ2) is 18.6. The Bertz CT molecular complexity index is 1580. The first kappa shape index (κ1) is 40.6. The van der Waals surface area contributed by atoms with E-state index in [9.17, 15) is 29.1 Å². The molecular weight excluding hydrogens is 690 g/mol. The number of benzene rings is 1. The second-order valence-corrected chi connectivity index (χ2v) is 16.1. The van der Waals surface area contributed by atoms with Crippen molar-refractivity contribution in [3.63, 3.8) is 0 Å². The van der Waals surface area contributed by atoms with Crippen LogP contribution in [0.3, 0.4) is 0 Å². The quantitative estimate of drug-likeness (QED) is 0.180. The van der Waals surface area contributed by atoms with Gasteiger partial charge in [-0.25, -0.2) is 4.98 Å². The number of fused-ring (bicyclic) bond motifs is 1. The number of nitrogens with zero attached hydrogens (tertiary/aromatic N) is 3. The number of nitrogens with one attached hydrogen (secondary N) is 4. The number of aromatic nitrogens is 2. The molecule has 14 heteroatoms. The zero-order valence-corrected chi connectivity index (χ0v) is 32.0. The maximum atomic E-state index is 14.9. The van der Waals surface area contributed by atoms with Crippen LogP contribution in [-0.4, -0.2) is 85.8 Å². The van der Waals surface area contributed by atoms with Crippen LogP contribution in [0.4, 0.5) is 0 Å². The molecule has 3 fully saturated rings. The van der Waals surface area contributed by atoms with Crippen molar-refractivity contribution < 1.29 is 33.9 Å². The minimum atomic E-state index is -1.61. The molecule has 1 aromatic heterocycles. The maximum Gasteiger partial charge on any atom is 0.283 e. The molecule has 5 rings (SSSR count). The average Bonchev–Trinajstić information content (AvgIpc) is 3.58. The van der Waals surface area contributed by atoms with Crippen LogP contribution in [0.15, 0.2) is 48.9 Å². The summed E-state index contributed by atoms with van der Waals surface area (Å²) in [6.07, 6.45) is 11.8. The predicted octanol–water partition coefficient (Wildman–Crippen LogP) is 3.60. The minimum Gasteiger partial charge on any atom is -0.381 e. The number of aliphatic hydroxyl groups is 1. The van der Waals surface area contributed by atoms with Crippen LogP contribution in [0.25, 0.3) is 0 Å². The molecule has 0 bridgehead atoms. The topological polar surface area (TPSA) is 192 Å². The van der Waals surface area contributed by atoms with E-state index in [1.807, 2.05) is 27.7 Å². The Kier molecular flexibility index (Phi) is 14.0. The van der Waals surface area contributed by atoms with E-state index in [-0.39, 0.29) is 29.5 Å². The molecular formula is C40H57N7O7. The highest BCUT2D eigenvalue weighted by atomic mass is 16.7. The fraction of sp³-hybridized carbons (Fsp3) is 0.625. The smallest absolute Gasteiger partial charge is 0.283 e. The summed E-state index contributed by atoms with van der Waals surface area (Å²) in [5.74, 6) is -2.25. The summed E-state index contributed by atoms with van der Waals surface area (Å²) in [5.41, 5.74) is 1.61. The highest BCUT2D eigenvalue weighted by molar-refractivity contribution is 5.98. The van der Waals surface area contributed by atoms with Crippen LogP contribution >= 0.6 is 0 Å². The molecule has 2 heterocycles. The minimum absolute atomic E-state index is 0.0909. The van der Waals surface area contributed by atoms with Crippen LogP contribution in [0.1, 0.15) is 115 Å². The lowest BCUT2D eigenvalue weighted by Crippen LogP contribution is -2.63. The van der Waals surface area contributed by atoms with Gasteiger partial charge in [0.15, 0.2) is 11.9 Å². The van der Waals surface area contributed by atoms with Gasteiger partial charge in [-0.15, -0.1) is 0 Å². The van der Waals surface area contributed by atoms with E-state index in [0.29, 0.717) is 25.0 Å². The number of para-hydroxylation sites is 1. The summed E-state index contributed by atoms with van der Waals surface area (Å²) in [6, 6.07) is 4.68. The number of likely N-dealkylation sites (tertiary alicyclic amines) is 1. The molecule has 2 aliphatic carbocycles. The van der Waals surface area contributed by atoms with Gasteiger partial charge in [0.05, 0.1) is 12.2 Å². The number of hydrogen-bond acceptors (Lipinski definition) is 9. The Balaban J connectivity index is 1.35. The summed E-state index contributed by atoms with van der Waals surface area (Å²) in [4.78, 5) is 84.8. The molecule has 0 radical (unpaired) electrons. The standard InChI is InChI=1S/C40H57N7O7/c1-5-14-28(33(48)38(52)46-54-27-18-10-7-11-19-27)43-36(50)31-23-26-17-12-13-20-30(26)47(31)39(53)34(40(2,3)4)45-37(51)32(25-15-8-6-9-16-25)44-35(49)29-24-41-21-22-42-29/h7,10-11,18-19,21-22,24-26,28,30-34,48H,5-6,8-9,12-17,20,23H2,1-4H3,(H,43,50)(H,44,49)(H,45,51)(H,46,52)/t26?,28-,30?,31?,32-,33?,34+/m0/s1. The third kappa shape index (κ3) is 10.1. The van der Waals surface area contributed by atoms with E-state index < -0.39 is 59.3 Å². The van der Waals surface area contributed by atoms with Gasteiger partial charge in [-0.2, -0.15) is 5.48 Å². The van der Waals surface area contributed by atoms with Crippen molar-refractivity contribution in [1.82, 2.24) is 36.3 Å². The van der Waals surface area contributed by atoms with Crippen molar-refractivity contribution in [2.24, 2.45) is 17.3 Å². The number of aliphatic hydroxyl groups excluding tert-OH is 1. The normalized spacial score (nSPS) is 22.5. The first-order valence-electron chi connectivity index (χ1n) is 19.6. The van der Waals surface area contributed by atoms with E-state index in [1.165, 1.54) is 18.6 Å². The summed E-state index contributed by atoms with van der Waals surface area (Å²) < 4.78 is 0. The largest absolute Gasteiger partial charge is 0.381 e. The van der Waals surface area contributed by atoms with Crippen LogP contribution < -0.4 is 26.3 Å². The SMILES string of the molecule is CCC[C@H](NC(=O)C1CC2CCCCC2N1C(=O)[C@@H](NC(=O)[C@@H](NC(=O)c1cnccn1)C1CCCCC1)C(C)(C)C)C(O)C(=O)NOc1ccccc1. The fourth-order valence-corrected chi connectivity index (χ4v) is 8.28. The van der Waals surface area contributed by atoms with Crippen molar-refractivity contribution in [2.45, 2.75) is 141 Å². The Hall–Kier alpha value is -4.59. The molecule has 14 nitrogen and oxygen atoms in total. The van der Waals surface area contributed by atoms with Gasteiger partial charge in [0.2, 0.25) is 17.7 Å². The number of carbonyl (C=O) groups excluding carboxylic acids is 5. The lowest BCUT2D eigenvalue weighted by Gasteiger charge is -2.40. The molecule has 0 spiro atoms. The summed E-state index contributed by atoms with van der Waals surface area (Å²) >= 11 is 0. The zero-order valence-electron chi connectivity index (χ0n) is 32.0. The zero-order chi connectivity index (χ0) is 38.8. The first-order chi connectivity index (χ1) is 25.9.